The smallest absolute Gasteiger partial charge is 0.0591 e. The molecule has 0 aromatic carbocycles. The van der Waals surface area contributed by atoms with Crippen LogP contribution in [0.1, 0.15) is 6.92 Å². The zero-order chi connectivity index (χ0) is 17.2. The first-order valence-corrected chi connectivity index (χ1v) is 9.51. The first-order valence-electron chi connectivity index (χ1n) is 8.57. The second-order valence-corrected chi connectivity index (χ2v) is 6.46. The van der Waals surface area contributed by atoms with Gasteiger partial charge in [-0.25, -0.2) is 0 Å². The molecule has 8 heteroatoms. The molecule has 7 nitrogen and oxygen atoms in total. The highest BCUT2D eigenvalue weighted by atomic mass is 32.2. The van der Waals surface area contributed by atoms with Gasteiger partial charge in [0, 0.05) is 51.6 Å². The largest absolute Gasteiger partial charge is 0.379 e. The Hall–Kier alpha value is 0.0700. The van der Waals surface area contributed by atoms with Gasteiger partial charge < -0.3 is 31.2 Å². The van der Waals surface area contributed by atoms with Gasteiger partial charge in [-0.15, -0.1) is 0 Å². The van der Waals surface area contributed by atoms with Gasteiger partial charge in [-0.3, -0.25) is 4.31 Å². The summed E-state index contributed by atoms with van der Waals surface area (Å²) in [7, 11) is 2.13. The second kappa shape index (κ2) is 18.4. The van der Waals surface area contributed by atoms with E-state index < -0.39 is 0 Å². The van der Waals surface area contributed by atoms with Crippen LogP contribution in [0.3, 0.4) is 0 Å². The molecule has 0 atom stereocenters. The van der Waals surface area contributed by atoms with E-state index in [1.807, 2.05) is 11.9 Å². The molecular weight excluding hydrogens is 314 g/mol. The van der Waals surface area contributed by atoms with Crippen LogP contribution in [0.25, 0.3) is 0 Å². The minimum Gasteiger partial charge on any atom is -0.379 e. The Balaban J connectivity index is 3.49. The molecule has 0 aromatic heterocycles. The number of nitrogens with two attached hydrogens (primary N) is 2. The molecule has 0 saturated carbocycles. The monoisotopic (exact) mass is 351 g/mol. The van der Waals surface area contributed by atoms with Gasteiger partial charge in [0.25, 0.3) is 0 Å². The van der Waals surface area contributed by atoms with Crippen LogP contribution < -0.4 is 16.8 Å². The average Bonchev–Trinajstić information content (AvgIpc) is 2.56. The van der Waals surface area contributed by atoms with Gasteiger partial charge in [0.15, 0.2) is 0 Å². The molecule has 5 N–H and O–H groups in total. The summed E-state index contributed by atoms with van der Waals surface area (Å²) >= 11 is 1.82. The molecule has 0 spiro atoms. The average molecular weight is 352 g/mol. The molecule has 0 bridgehead atoms. The molecule has 140 valence electrons. The number of ether oxygens (including phenoxy) is 2. The topological polar surface area (TPSA) is 89.0 Å². The van der Waals surface area contributed by atoms with E-state index in [1.54, 1.807) is 0 Å². The fourth-order valence-corrected chi connectivity index (χ4v) is 2.62. The van der Waals surface area contributed by atoms with Crippen molar-refractivity contribution in [2.24, 2.45) is 11.5 Å². The Morgan fingerprint density at radius 3 is 2.26 bits per heavy atom. The number of hydrogen-bond acceptors (Lipinski definition) is 8. The van der Waals surface area contributed by atoms with Gasteiger partial charge in [0.2, 0.25) is 0 Å². The van der Waals surface area contributed by atoms with E-state index in [9.17, 15) is 0 Å². The third-order valence-corrected chi connectivity index (χ3v) is 4.24. The van der Waals surface area contributed by atoms with Crippen molar-refractivity contribution in [3.8, 4) is 0 Å². The van der Waals surface area contributed by atoms with Gasteiger partial charge in [0.1, 0.15) is 0 Å². The minimum absolute atomic E-state index is 0.592. The summed E-state index contributed by atoms with van der Waals surface area (Å²) in [5, 5.41) is 3.40. The summed E-state index contributed by atoms with van der Waals surface area (Å²) < 4.78 is 13.0. The third kappa shape index (κ3) is 16.7. The van der Waals surface area contributed by atoms with Crippen molar-refractivity contribution >= 4 is 11.9 Å². The predicted molar refractivity (Wildman–Crippen MR) is 99.8 cm³/mol. The Kier molecular flexibility index (Phi) is 18.5. The molecule has 0 unspecified atom stereocenters. The highest BCUT2D eigenvalue weighted by Gasteiger charge is 2.05. The lowest BCUT2D eigenvalue weighted by molar-refractivity contribution is 0.142. The maximum atomic E-state index is 5.38. The summed E-state index contributed by atoms with van der Waals surface area (Å²) in [6.45, 7) is 12.3. The van der Waals surface area contributed by atoms with E-state index in [1.165, 1.54) is 0 Å². The van der Waals surface area contributed by atoms with Gasteiger partial charge in [-0.1, -0.05) is 18.9 Å². The summed E-state index contributed by atoms with van der Waals surface area (Å²) in [5.41, 5.74) is 10.7. The van der Waals surface area contributed by atoms with Crippen molar-refractivity contribution in [1.29, 1.82) is 0 Å². The molecule has 0 aliphatic heterocycles. The SMILES string of the molecule is CCN(CCNCCOCCN)CCN(C)SCCOCCN. The molecule has 0 saturated heterocycles. The number of likely N-dealkylation sites (N-methyl/N-ethyl adjacent to an activating group) is 2. The summed E-state index contributed by atoms with van der Waals surface area (Å²) in [6, 6.07) is 0. The van der Waals surface area contributed by atoms with Gasteiger partial charge >= 0.3 is 0 Å². The Labute approximate surface area is 146 Å². The lowest BCUT2D eigenvalue weighted by atomic mass is 10.4. The van der Waals surface area contributed by atoms with Crippen LogP contribution >= 0.6 is 11.9 Å². The molecule has 0 heterocycles. The van der Waals surface area contributed by atoms with Crippen LogP contribution in [-0.4, -0.2) is 101 Å². The fraction of sp³-hybridized carbons (Fsp3) is 1.00. The first-order chi connectivity index (χ1) is 11.2. The van der Waals surface area contributed by atoms with E-state index in [0.29, 0.717) is 26.3 Å². The van der Waals surface area contributed by atoms with Crippen molar-refractivity contribution in [3.05, 3.63) is 0 Å². The first kappa shape index (κ1) is 23.1. The number of hydrogen-bond donors (Lipinski definition) is 3. The maximum Gasteiger partial charge on any atom is 0.0591 e. The Morgan fingerprint density at radius 1 is 0.913 bits per heavy atom. The van der Waals surface area contributed by atoms with Crippen LogP contribution in [0.2, 0.25) is 0 Å². The normalized spacial score (nSPS) is 11.7. The molecule has 0 radical (unpaired) electrons. The standard InChI is InChI=1S/C15H37N5O2S/c1-3-20(8-6-18-7-13-21-11-4-16)10-9-19(2)23-15-14-22-12-5-17/h18H,3-17H2,1-2H3. The molecular formula is C15H37N5O2S. The molecule has 23 heavy (non-hydrogen) atoms. The maximum absolute atomic E-state index is 5.38. The Bertz CT molecular complexity index is 240. The number of rotatable bonds is 18. The molecule has 0 amide bonds. The number of nitrogens with one attached hydrogen (secondary N) is 1. The van der Waals surface area contributed by atoms with Crippen LogP contribution in [0.4, 0.5) is 0 Å². The van der Waals surface area contributed by atoms with Crippen molar-refractivity contribution < 1.29 is 9.47 Å². The highest BCUT2D eigenvalue weighted by Crippen LogP contribution is 2.06. The van der Waals surface area contributed by atoms with Crippen molar-refractivity contribution in [2.45, 2.75) is 6.92 Å². The van der Waals surface area contributed by atoms with Gasteiger partial charge in [0.05, 0.1) is 26.4 Å². The lowest BCUT2D eigenvalue weighted by Crippen LogP contribution is -2.37. The fourth-order valence-electron chi connectivity index (χ4n) is 1.90. The quantitative estimate of drug-likeness (QED) is 0.223. The van der Waals surface area contributed by atoms with Gasteiger partial charge in [-0.05, 0) is 13.6 Å². The van der Waals surface area contributed by atoms with Gasteiger partial charge in [-0.2, -0.15) is 0 Å². The lowest BCUT2D eigenvalue weighted by Gasteiger charge is -2.24. The summed E-state index contributed by atoms with van der Waals surface area (Å²) in [5.74, 6) is 0.979. The predicted octanol–water partition coefficient (Wildman–Crippen LogP) is -0.571. The minimum atomic E-state index is 0.592. The van der Waals surface area contributed by atoms with Crippen LogP contribution in [0.5, 0.6) is 0 Å². The van der Waals surface area contributed by atoms with Crippen LogP contribution in [0.15, 0.2) is 0 Å². The van der Waals surface area contributed by atoms with E-state index >= 15 is 0 Å². The molecule has 0 aliphatic carbocycles. The molecule has 0 rings (SSSR count). The van der Waals surface area contributed by atoms with E-state index in [2.05, 4.69) is 28.5 Å². The summed E-state index contributed by atoms with van der Waals surface area (Å²) in [6.07, 6.45) is 0. The van der Waals surface area contributed by atoms with E-state index in [-0.39, 0.29) is 0 Å². The molecule has 0 aliphatic rings. The van der Waals surface area contributed by atoms with E-state index in [0.717, 1.165) is 58.2 Å². The highest BCUT2D eigenvalue weighted by molar-refractivity contribution is 7.97. The van der Waals surface area contributed by atoms with E-state index in [4.69, 9.17) is 20.9 Å². The third-order valence-electron chi connectivity index (χ3n) is 3.27. The van der Waals surface area contributed by atoms with Crippen LogP contribution in [0, 0.1) is 0 Å². The Morgan fingerprint density at radius 2 is 1.61 bits per heavy atom. The zero-order valence-electron chi connectivity index (χ0n) is 15.0. The van der Waals surface area contributed by atoms with Crippen molar-refractivity contribution in [2.75, 3.05) is 91.6 Å². The number of nitrogens with zero attached hydrogens (tertiary/aromatic N) is 2. The summed E-state index contributed by atoms with van der Waals surface area (Å²) in [4.78, 5) is 2.45. The molecule has 0 fully saturated rings. The van der Waals surface area contributed by atoms with Crippen molar-refractivity contribution in [1.82, 2.24) is 14.5 Å². The second-order valence-electron chi connectivity index (χ2n) is 5.17. The zero-order valence-corrected chi connectivity index (χ0v) is 15.8. The van der Waals surface area contributed by atoms with Crippen molar-refractivity contribution in [3.63, 3.8) is 0 Å². The van der Waals surface area contributed by atoms with Crippen LogP contribution in [-0.2, 0) is 9.47 Å². The molecule has 0 aromatic rings.